The number of rotatable bonds is 4. The van der Waals surface area contributed by atoms with Gasteiger partial charge in [-0.2, -0.15) is 0 Å². The van der Waals surface area contributed by atoms with Crippen LogP contribution in [0.15, 0.2) is 45.3 Å². The smallest absolute Gasteiger partial charge is 0.133 e. The molecule has 0 atom stereocenters. The third-order valence-corrected chi connectivity index (χ3v) is 5.64. The Bertz CT molecular complexity index is 993. The Morgan fingerprint density at radius 2 is 1.00 bits per heavy atom. The molecule has 0 unspecified atom stereocenters. The van der Waals surface area contributed by atoms with Gasteiger partial charge in [-0.15, -0.1) is 0 Å². The lowest BCUT2D eigenvalue weighted by atomic mass is 9.96. The second-order valence-corrected chi connectivity index (χ2v) is 8.36. The maximum absolute atomic E-state index is 13.7. The van der Waals surface area contributed by atoms with Crippen molar-refractivity contribution in [3.63, 3.8) is 0 Å². The van der Waals surface area contributed by atoms with Crippen LogP contribution < -0.4 is 0 Å². The summed E-state index contributed by atoms with van der Waals surface area (Å²) in [6.07, 6.45) is 0.0286. The Balaban J connectivity index is 2.02. The second kappa shape index (κ2) is 8.27. The van der Waals surface area contributed by atoms with E-state index in [4.69, 9.17) is 11.6 Å². The minimum Gasteiger partial charge on any atom is -0.507 e. The first kappa shape index (κ1) is 20.9. The number of hydrogen-bond donors (Lipinski definition) is 3. The zero-order valence-electron chi connectivity index (χ0n) is 14.1. The second-order valence-electron chi connectivity index (χ2n) is 6.22. The van der Waals surface area contributed by atoms with E-state index < -0.39 is 11.6 Å². The zero-order valence-corrected chi connectivity index (χ0v) is 18.0. The van der Waals surface area contributed by atoms with Crippen molar-refractivity contribution >= 4 is 43.5 Å². The maximum atomic E-state index is 13.7. The van der Waals surface area contributed by atoms with Crippen molar-refractivity contribution < 1.29 is 24.1 Å². The van der Waals surface area contributed by atoms with Crippen LogP contribution in [0.5, 0.6) is 17.2 Å². The lowest BCUT2D eigenvalue weighted by Gasteiger charge is -2.14. The van der Waals surface area contributed by atoms with Crippen LogP contribution in [0.2, 0.25) is 5.02 Å². The van der Waals surface area contributed by atoms with Gasteiger partial charge in [-0.3, -0.25) is 0 Å². The highest BCUT2D eigenvalue weighted by Gasteiger charge is 2.17. The van der Waals surface area contributed by atoms with Gasteiger partial charge in [-0.1, -0.05) is 11.6 Å². The summed E-state index contributed by atoms with van der Waals surface area (Å²) in [6, 6.07) is 7.59. The van der Waals surface area contributed by atoms with Crippen molar-refractivity contribution in [3.8, 4) is 17.2 Å². The molecule has 0 saturated carbocycles. The van der Waals surface area contributed by atoms with E-state index >= 15 is 0 Å². The fraction of sp³-hybridized carbons (Fsp3) is 0.100. The SMILES string of the molecule is Oc1c(Br)cc(F)cc1Cc1cc(Cl)cc(Cc2cc(F)cc(Br)c2O)c1O. The Kier molecular flexibility index (Phi) is 6.17. The Morgan fingerprint density at radius 3 is 1.39 bits per heavy atom. The third kappa shape index (κ3) is 4.42. The van der Waals surface area contributed by atoms with E-state index in [1.807, 2.05) is 0 Å². The number of benzene rings is 3. The fourth-order valence-electron chi connectivity index (χ4n) is 2.91. The van der Waals surface area contributed by atoms with Crippen molar-refractivity contribution in [2.75, 3.05) is 0 Å². The molecule has 0 amide bonds. The number of phenols is 3. The minimum absolute atomic E-state index is 0.0143. The number of hydrogen-bond acceptors (Lipinski definition) is 3. The van der Waals surface area contributed by atoms with Crippen LogP contribution in [-0.2, 0) is 12.8 Å². The molecule has 0 aliphatic carbocycles. The predicted octanol–water partition coefficient (Wildman–Crippen LogP) is 6.44. The Hall–Kier alpha value is -1.83. The van der Waals surface area contributed by atoms with Crippen molar-refractivity contribution in [2.45, 2.75) is 12.8 Å². The summed E-state index contributed by atoms with van der Waals surface area (Å²) in [5, 5.41) is 31.2. The van der Waals surface area contributed by atoms with Gasteiger partial charge in [-0.25, -0.2) is 8.78 Å². The molecule has 0 bridgehead atoms. The fourth-order valence-corrected chi connectivity index (χ4v) is 4.12. The molecule has 0 aliphatic rings. The van der Waals surface area contributed by atoms with Gasteiger partial charge in [0.15, 0.2) is 0 Å². The monoisotopic (exact) mass is 532 g/mol. The van der Waals surface area contributed by atoms with E-state index in [1.54, 1.807) is 0 Å². The summed E-state index contributed by atoms with van der Waals surface area (Å²) in [4.78, 5) is 0. The van der Waals surface area contributed by atoms with Crippen LogP contribution in [-0.4, -0.2) is 15.3 Å². The minimum atomic E-state index is -0.545. The topological polar surface area (TPSA) is 60.7 Å². The van der Waals surface area contributed by atoms with Gasteiger partial charge in [0.05, 0.1) is 8.95 Å². The van der Waals surface area contributed by atoms with E-state index in [1.165, 1.54) is 12.1 Å². The molecule has 28 heavy (non-hydrogen) atoms. The Morgan fingerprint density at radius 1 is 0.643 bits per heavy atom. The van der Waals surface area contributed by atoms with Gasteiger partial charge < -0.3 is 15.3 Å². The highest BCUT2D eigenvalue weighted by molar-refractivity contribution is 9.10. The first-order chi connectivity index (χ1) is 13.2. The van der Waals surface area contributed by atoms with Crippen LogP contribution >= 0.6 is 43.5 Å². The standard InChI is InChI=1S/C20H13Br2ClF2O3/c21-16-7-14(24)5-11(19(16)27)1-9-3-13(23)4-10(18(9)26)2-12-6-15(25)8-17(22)20(12)28/h3-8,26-28H,1-2H2. The molecule has 8 heteroatoms. The summed E-state index contributed by atoms with van der Waals surface area (Å²) in [5.74, 6) is -1.51. The van der Waals surface area contributed by atoms with E-state index in [-0.39, 0.29) is 50.2 Å². The molecule has 0 radical (unpaired) electrons. The molecular formula is C20H13Br2ClF2O3. The predicted molar refractivity (Wildman–Crippen MR) is 110 cm³/mol. The van der Waals surface area contributed by atoms with Crippen LogP contribution in [0.1, 0.15) is 22.3 Å². The molecule has 3 aromatic carbocycles. The summed E-state index contributed by atoms with van der Waals surface area (Å²) in [7, 11) is 0. The van der Waals surface area contributed by atoms with Gasteiger partial charge in [-0.05, 0) is 68.3 Å². The zero-order chi connectivity index (χ0) is 20.6. The lowest BCUT2D eigenvalue weighted by Crippen LogP contribution is -1.97. The van der Waals surface area contributed by atoms with Crippen LogP contribution in [0, 0.1) is 11.6 Å². The van der Waals surface area contributed by atoms with Crippen molar-refractivity contribution in [1.29, 1.82) is 0 Å². The molecule has 0 spiro atoms. The van der Waals surface area contributed by atoms with Gasteiger partial charge in [0, 0.05) is 40.1 Å². The normalized spacial score (nSPS) is 11.0. The molecule has 3 rings (SSSR count). The molecule has 0 aromatic heterocycles. The van der Waals surface area contributed by atoms with Gasteiger partial charge >= 0.3 is 0 Å². The first-order valence-corrected chi connectivity index (χ1v) is 9.96. The molecule has 0 heterocycles. The molecule has 3 nitrogen and oxygen atoms in total. The lowest BCUT2D eigenvalue weighted by molar-refractivity contribution is 0.453. The molecule has 0 saturated heterocycles. The largest absolute Gasteiger partial charge is 0.507 e. The summed E-state index contributed by atoms with van der Waals surface area (Å²) in [6.45, 7) is 0. The van der Waals surface area contributed by atoms with Crippen molar-refractivity contribution in [1.82, 2.24) is 0 Å². The first-order valence-electron chi connectivity index (χ1n) is 7.99. The van der Waals surface area contributed by atoms with E-state index in [0.717, 1.165) is 24.3 Å². The number of halogens is 5. The average Bonchev–Trinajstić information content (AvgIpc) is 2.60. The molecule has 3 aromatic rings. The quantitative estimate of drug-likeness (QED) is 0.361. The molecule has 0 aliphatic heterocycles. The van der Waals surface area contributed by atoms with Gasteiger partial charge in [0.25, 0.3) is 0 Å². The van der Waals surface area contributed by atoms with E-state index in [9.17, 15) is 24.1 Å². The van der Waals surface area contributed by atoms with Crippen LogP contribution in [0.25, 0.3) is 0 Å². The van der Waals surface area contributed by atoms with Gasteiger partial charge in [0.2, 0.25) is 0 Å². The Labute approximate surface area is 181 Å². The summed E-state index contributed by atoms with van der Waals surface area (Å²) < 4.78 is 27.7. The van der Waals surface area contributed by atoms with Crippen LogP contribution in [0.4, 0.5) is 8.78 Å². The summed E-state index contributed by atoms with van der Waals surface area (Å²) in [5.41, 5.74) is 1.22. The third-order valence-electron chi connectivity index (χ3n) is 4.21. The molecular weight excluding hydrogens is 521 g/mol. The van der Waals surface area contributed by atoms with Crippen molar-refractivity contribution in [3.05, 3.63) is 84.3 Å². The van der Waals surface area contributed by atoms with Gasteiger partial charge in [0.1, 0.15) is 28.9 Å². The summed E-state index contributed by atoms with van der Waals surface area (Å²) >= 11 is 12.3. The molecule has 3 N–H and O–H groups in total. The average molecular weight is 535 g/mol. The number of aromatic hydroxyl groups is 3. The van der Waals surface area contributed by atoms with E-state index in [2.05, 4.69) is 31.9 Å². The number of phenolic OH excluding ortho intramolecular Hbond substituents is 3. The molecule has 0 fully saturated rings. The highest BCUT2D eigenvalue weighted by Crippen LogP contribution is 2.37. The van der Waals surface area contributed by atoms with E-state index in [0.29, 0.717) is 16.1 Å². The van der Waals surface area contributed by atoms with Crippen LogP contribution in [0.3, 0.4) is 0 Å². The maximum Gasteiger partial charge on any atom is 0.133 e. The molecule has 146 valence electrons. The van der Waals surface area contributed by atoms with Crippen molar-refractivity contribution in [2.24, 2.45) is 0 Å². The highest BCUT2D eigenvalue weighted by atomic mass is 79.9.